The molecule has 3 nitrogen and oxygen atoms in total. The van der Waals surface area contributed by atoms with E-state index in [0.717, 1.165) is 11.7 Å². The molecular weight excluding hydrogens is 516 g/mol. The fraction of sp³-hybridized carbons (Fsp3) is 0.235. The maximum Gasteiger partial charge on any atom is 0.126 e. The highest BCUT2D eigenvalue weighted by Gasteiger charge is 2.45. The van der Waals surface area contributed by atoms with E-state index in [9.17, 15) is 4.79 Å². The van der Waals surface area contributed by atoms with E-state index in [1.807, 2.05) is 0 Å². The summed E-state index contributed by atoms with van der Waals surface area (Å²) in [6.45, 7) is 6.90. The predicted octanol–water partition coefficient (Wildman–Crippen LogP) is 5.79. The molecule has 4 aromatic carbocycles. The first-order chi connectivity index (χ1) is 18.9. The fourth-order valence-electron chi connectivity index (χ4n) is 5.21. The summed E-state index contributed by atoms with van der Waals surface area (Å²) in [6.07, 6.45) is 0.799. The summed E-state index contributed by atoms with van der Waals surface area (Å²) in [5.41, 5.74) is 0.460. The van der Waals surface area contributed by atoms with Crippen LogP contribution in [0.25, 0.3) is 0 Å². The van der Waals surface area contributed by atoms with Crippen LogP contribution in [0.2, 0.25) is 0 Å². The molecule has 1 fully saturated rings. The molecule has 1 aliphatic rings. The molecule has 0 radical (unpaired) electrons. The SMILES string of the molecule is CC(C)(C)ON1C[C@@H](P(c2ccccc2)c2ccccc2)C(=C=O)[C@H]1CP(c1ccccc1)c1ccccc1. The van der Waals surface area contributed by atoms with Gasteiger partial charge in [0.15, 0.2) is 0 Å². The van der Waals surface area contributed by atoms with Crippen molar-refractivity contribution in [2.45, 2.75) is 38.1 Å². The average molecular weight is 552 g/mol. The van der Waals surface area contributed by atoms with Crippen molar-refractivity contribution >= 4 is 43.0 Å². The van der Waals surface area contributed by atoms with E-state index in [1.54, 1.807) is 0 Å². The van der Waals surface area contributed by atoms with E-state index in [1.165, 1.54) is 21.2 Å². The number of hydrogen-bond acceptors (Lipinski definition) is 3. The van der Waals surface area contributed by atoms with Gasteiger partial charge >= 0.3 is 0 Å². The van der Waals surface area contributed by atoms with Crippen molar-refractivity contribution in [1.29, 1.82) is 0 Å². The summed E-state index contributed by atoms with van der Waals surface area (Å²) in [7, 11) is -1.56. The maximum absolute atomic E-state index is 12.9. The first-order valence-electron chi connectivity index (χ1n) is 13.4. The summed E-state index contributed by atoms with van der Waals surface area (Å²) >= 11 is 0. The number of hydroxylamine groups is 2. The van der Waals surface area contributed by atoms with Crippen LogP contribution in [0.3, 0.4) is 0 Å². The Balaban J connectivity index is 1.59. The maximum atomic E-state index is 12.9. The highest BCUT2D eigenvalue weighted by atomic mass is 31.1. The van der Waals surface area contributed by atoms with Gasteiger partial charge < -0.3 is 0 Å². The molecular formula is C34H35NO2P2. The standard InChI is InChI=1S/C34H35NO2P2/c1-34(2,3)37-35-24-33(39(29-20-12-6-13-21-29)30-22-14-7-15-23-30)31(25-36)32(35)26-38(27-16-8-4-9-17-27)28-18-10-5-11-19-28/h4-23,32-33H,24,26H2,1-3H3/t32-,33-/m1/s1. The van der Waals surface area contributed by atoms with Crippen LogP contribution < -0.4 is 21.2 Å². The van der Waals surface area contributed by atoms with Gasteiger partial charge in [0.05, 0.1) is 11.6 Å². The number of nitrogens with zero attached hydrogens (tertiary/aromatic N) is 1. The van der Waals surface area contributed by atoms with Gasteiger partial charge in [-0.25, -0.2) is 4.79 Å². The molecule has 198 valence electrons. The van der Waals surface area contributed by atoms with Crippen LogP contribution in [0, 0.1) is 0 Å². The molecule has 1 heterocycles. The predicted molar refractivity (Wildman–Crippen MR) is 167 cm³/mol. The van der Waals surface area contributed by atoms with Gasteiger partial charge in [-0.15, -0.1) is 0 Å². The van der Waals surface area contributed by atoms with E-state index in [2.05, 4.69) is 153 Å². The second kappa shape index (κ2) is 12.5. The summed E-state index contributed by atoms with van der Waals surface area (Å²) in [6, 6.07) is 42.5. The number of hydrogen-bond donors (Lipinski definition) is 0. The Morgan fingerprint density at radius 1 is 0.718 bits per heavy atom. The topological polar surface area (TPSA) is 29.5 Å². The van der Waals surface area contributed by atoms with E-state index < -0.39 is 15.8 Å². The zero-order valence-electron chi connectivity index (χ0n) is 22.8. The monoisotopic (exact) mass is 551 g/mol. The molecule has 1 saturated heterocycles. The minimum Gasteiger partial charge on any atom is -0.293 e. The van der Waals surface area contributed by atoms with Crippen molar-refractivity contribution in [3.63, 3.8) is 0 Å². The Labute approximate surface area is 235 Å². The van der Waals surface area contributed by atoms with Gasteiger partial charge in [-0.05, 0) is 64.0 Å². The van der Waals surface area contributed by atoms with Crippen LogP contribution in [-0.4, -0.2) is 41.0 Å². The number of rotatable bonds is 8. The first-order valence-corrected chi connectivity index (χ1v) is 16.4. The molecule has 5 heteroatoms. The second-order valence-electron chi connectivity index (χ2n) is 10.7. The Morgan fingerprint density at radius 3 is 1.51 bits per heavy atom. The largest absolute Gasteiger partial charge is 0.293 e. The van der Waals surface area contributed by atoms with Crippen molar-refractivity contribution in [3.05, 3.63) is 127 Å². The fourth-order valence-corrected chi connectivity index (χ4v) is 10.5. The molecule has 5 rings (SSSR count). The molecule has 4 aromatic rings. The summed E-state index contributed by atoms with van der Waals surface area (Å²) in [5, 5.41) is 7.24. The van der Waals surface area contributed by atoms with E-state index in [-0.39, 0.29) is 17.3 Å². The lowest BCUT2D eigenvalue weighted by atomic mass is 10.1. The zero-order chi connectivity index (χ0) is 27.2. The number of carbonyl (C=O) groups excluding carboxylic acids is 1. The van der Waals surface area contributed by atoms with Gasteiger partial charge in [-0.1, -0.05) is 121 Å². The normalized spacial score (nSPS) is 18.0. The minimum absolute atomic E-state index is 0.0121. The van der Waals surface area contributed by atoms with Gasteiger partial charge in [0.25, 0.3) is 0 Å². The van der Waals surface area contributed by atoms with Crippen molar-refractivity contribution in [3.8, 4) is 0 Å². The lowest BCUT2D eigenvalue weighted by Gasteiger charge is -2.33. The molecule has 0 spiro atoms. The van der Waals surface area contributed by atoms with Crippen LogP contribution in [0.5, 0.6) is 0 Å². The van der Waals surface area contributed by atoms with E-state index in [4.69, 9.17) is 4.84 Å². The summed E-state index contributed by atoms with van der Waals surface area (Å²) in [4.78, 5) is 19.6. The van der Waals surface area contributed by atoms with Crippen LogP contribution >= 0.6 is 15.8 Å². The molecule has 0 unspecified atom stereocenters. The van der Waals surface area contributed by atoms with Crippen LogP contribution in [0.15, 0.2) is 127 Å². The first kappa shape index (κ1) is 27.7. The van der Waals surface area contributed by atoms with E-state index >= 15 is 0 Å². The lowest BCUT2D eigenvalue weighted by molar-refractivity contribution is -0.229. The van der Waals surface area contributed by atoms with E-state index in [0.29, 0.717) is 6.54 Å². The molecule has 1 aliphatic heterocycles. The molecule has 0 N–H and O–H groups in total. The third-order valence-corrected chi connectivity index (χ3v) is 12.1. The molecule has 0 aromatic heterocycles. The zero-order valence-corrected chi connectivity index (χ0v) is 24.6. The smallest absolute Gasteiger partial charge is 0.126 e. The Morgan fingerprint density at radius 2 is 1.13 bits per heavy atom. The highest BCUT2D eigenvalue weighted by molar-refractivity contribution is 7.74. The summed E-state index contributed by atoms with van der Waals surface area (Å²) < 4.78 is 0. The van der Waals surface area contributed by atoms with Gasteiger partial charge in [-0.3, -0.25) is 4.84 Å². The molecule has 2 atom stereocenters. The second-order valence-corrected chi connectivity index (χ2v) is 15.4. The molecule has 0 bridgehead atoms. The van der Waals surface area contributed by atoms with Gasteiger partial charge in [0, 0.05) is 17.8 Å². The lowest BCUT2D eigenvalue weighted by Crippen LogP contribution is -2.40. The van der Waals surface area contributed by atoms with Crippen molar-refractivity contribution in [2.75, 3.05) is 12.7 Å². The van der Waals surface area contributed by atoms with Gasteiger partial charge in [0.1, 0.15) is 5.94 Å². The van der Waals surface area contributed by atoms with Gasteiger partial charge in [-0.2, -0.15) is 5.06 Å². The molecule has 0 amide bonds. The quantitative estimate of drug-likeness (QED) is 0.205. The van der Waals surface area contributed by atoms with Gasteiger partial charge in [0.2, 0.25) is 0 Å². The Hall–Kier alpha value is -2.89. The Kier molecular flexibility index (Phi) is 8.89. The molecule has 39 heavy (non-hydrogen) atoms. The summed E-state index contributed by atoms with van der Waals surface area (Å²) in [5.74, 6) is 2.48. The Bertz CT molecular complexity index is 1310. The van der Waals surface area contributed by atoms with Crippen LogP contribution in [0.1, 0.15) is 20.8 Å². The molecule has 0 aliphatic carbocycles. The number of benzene rings is 4. The highest BCUT2D eigenvalue weighted by Crippen LogP contribution is 2.50. The third-order valence-electron chi connectivity index (χ3n) is 6.80. The van der Waals surface area contributed by atoms with Crippen molar-refractivity contribution in [1.82, 2.24) is 5.06 Å². The van der Waals surface area contributed by atoms with Crippen molar-refractivity contribution in [2.24, 2.45) is 0 Å². The van der Waals surface area contributed by atoms with Crippen LogP contribution in [-0.2, 0) is 9.63 Å². The van der Waals surface area contributed by atoms with Crippen molar-refractivity contribution < 1.29 is 9.63 Å². The minimum atomic E-state index is -0.839. The molecule has 0 saturated carbocycles. The van der Waals surface area contributed by atoms with Crippen LogP contribution in [0.4, 0.5) is 0 Å². The average Bonchev–Trinajstić information content (AvgIpc) is 3.28. The third kappa shape index (κ3) is 6.64.